The summed E-state index contributed by atoms with van der Waals surface area (Å²) in [4.78, 5) is 7.01. The fourth-order valence-corrected chi connectivity index (χ4v) is 4.91. The molecule has 0 bridgehead atoms. The molecule has 0 unspecified atom stereocenters. The quantitative estimate of drug-likeness (QED) is 0.460. The Bertz CT molecular complexity index is 1100. The van der Waals surface area contributed by atoms with Crippen molar-refractivity contribution in [1.82, 2.24) is 14.5 Å². The third-order valence-electron chi connectivity index (χ3n) is 7.23. The van der Waals surface area contributed by atoms with Crippen LogP contribution >= 0.6 is 0 Å². The van der Waals surface area contributed by atoms with Crippen LogP contribution in [0.15, 0.2) is 48.5 Å². The first kappa shape index (κ1) is 22.4. The van der Waals surface area contributed by atoms with E-state index in [0.717, 1.165) is 44.8 Å². The minimum absolute atomic E-state index is 0.0510. The Morgan fingerprint density at radius 3 is 2.45 bits per heavy atom. The van der Waals surface area contributed by atoms with Gasteiger partial charge in [0.15, 0.2) is 0 Å². The van der Waals surface area contributed by atoms with Gasteiger partial charge in [-0.1, -0.05) is 30.3 Å². The smallest absolute Gasteiger partial charge is 0.373 e. The highest BCUT2D eigenvalue weighted by Crippen LogP contribution is 2.37. The van der Waals surface area contributed by atoms with Gasteiger partial charge in [0, 0.05) is 12.0 Å². The Morgan fingerprint density at radius 1 is 1.06 bits per heavy atom. The van der Waals surface area contributed by atoms with Crippen LogP contribution in [0, 0.1) is 5.92 Å². The second kappa shape index (κ2) is 8.76. The highest BCUT2D eigenvalue weighted by molar-refractivity contribution is 5.77. The van der Waals surface area contributed by atoms with E-state index < -0.39 is 11.7 Å². The first-order valence-corrected chi connectivity index (χ1v) is 11.7. The van der Waals surface area contributed by atoms with E-state index in [1.54, 1.807) is 0 Å². The van der Waals surface area contributed by atoms with Crippen molar-refractivity contribution in [3.05, 3.63) is 65.5 Å². The Kier molecular flexibility index (Phi) is 5.95. The Balaban J connectivity index is 1.39. The summed E-state index contributed by atoms with van der Waals surface area (Å²) in [5.41, 5.74) is 1.75. The van der Waals surface area contributed by atoms with Crippen molar-refractivity contribution in [2.24, 2.45) is 5.92 Å². The molecule has 0 spiro atoms. The van der Waals surface area contributed by atoms with E-state index >= 15 is 0 Å². The summed E-state index contributed by atoms with van der Waals surface area (Å²) in [6.07, 6.45) is -0.106. The van der Waals surface area contributed by atoms with E-state index in [1.807, 2.05) is 10.6 Å². The van der Waals surface area contributed by atoms with Gasteiger partial charge in [0.1, 0.15) is 12.4 Å². The summed E-state index contributed by atoms with van der Waals surface area (Å²) in [5, 5.41) is 0. The standard InChI is InChI=1S/C26H30F3N3O/c1-31-13-11-25(12-14-31,20-5-3-2-4-6-20)18-33-17-24-30-22-10-9-21(26(27,28)29)15-23(22)32(24)16-19-7-8-19/h2-6,9-10,15,19H,7-8,11-14,16-18H2,1H3. The summed E-state index contributed by atoms with van der Waals surface area (Å²) in [7, 11) is 2.14. The van der Waals surface area contributed by atoms with Crippen molar-refractivity contribution in [2.45, 2.75) is 50.4 Å². The number of hydrogen-bond acceptors (Lipinski definition) is 3. The molecule has 7 heteroatoms. The molecule has 2 aliphatic rings. The van der Waals surface area contributed by atoms with E-state index in [9.17, 15) is 13.2 Å². The molecule has 2 fully saturated rings. The molecule has 2 aromatic carbocycles. The first-order chi connectivity index (χ1) is 15.8. The minimum atomic E-state index is -4.37. The fourth-order valence-electron chi connectivity index (χ4n) is 4.91. The lowest BCUT2D eigenvalue weighted by Gasteiger charge is -2.41. The molecule has 1 saturated carbocycles. The number of rotatable bonds is 7. The highest BCUT2D eigenvalue weighted by Gasteiger charge is 2.36. The lowest BCUT2D eigenvalue weighted by atomic mass is 9.73. The molecule has 1 aliphatic carbocycles. The lowest BCUT2D eigenvalue weighted by molar-refractivity contribution is -0.137. The maximum absolute atomic E-state index is 13.3. The van der Waals surface area contributed by atoms with Crippen LogP contribution in [0.5, 0.6) is 0 Å². The first-order valence-electron chi connectivity index (χ1n) is 11.7. The lowest BCUT2D eigenvalue weighted by Crippen LogP contribution is -2.43. The van der Waals surface area contributed by atoms with Crippen LogP contribution in [0.3, 0.4) is 0 Å². The van der Waals surface area contributed by atoms with Crippen LogP contribution in [-0.4, -0.2) is 41.2 Å². The predicted octanol–water partition coefficient (Wildman–Crippen LogP) is 5.65. The average Bonchev–Trinajstić information content (AvgIpc) is 3.56. The third kappa shape index (κ3) is 4.80. The zero-order chi connectivity index (χ0) is 23.1. The molecule has 0 radical (unpaired) electrons. The number of piperidine rings is 1. The van der Waals surface area contributed by atoms with Crippen LogP contribution in [0.4, 0.5) is 13.2 Å². The van der Waals surface area contributed by atoms with E-state index in [2.05, 4.69) is 41.2 Å². The number of aromatic nitrogens is 2. The SMILES string of the molecule is CN1CCC(COCc2nc3ccc(C(F)(F)F)cc3n2CC2CC2)(c2ccccc2)CC1. The van der Waals surface area contributed by atoms with Crippen molar-refractivity contribution < 1.29 is 17.9 Å². The van der Waals surface area contributed by atoms with Crippen molar-refractivity contribution >= 4 is 11.0 Å². The Labute approximate surface area is 192 Å². The van der Waals surface area contributed by atoms with E-state index in [4.69, 9.17) is 4.74 Å². The van der Waals surface area contributed by atoms with Crippen LogP contribution in [0.25, 0.3) is 11.0 Å². The minimum Gasteiger partial charge on any atom is -0.373 e. The van der Waals surface area contributed by atoms with Gasteiger partial charge in [-0.2, -0.15) is 13.2 Å². The molecule has 3 aromatic rings. The number of ether oxygens (including phenoxy) is 1. The monoisotopic (exact) mass is 457 g/mol. The second-order valence-electron chi connectivity index (χ2n) is 9.73. The Hall–Kier alpha value is -2.38. The molecular formula is C26H30F3N3O. The van der Waals surface area contributed by atoms with E-state index in [0.29, 0.717) is 42.5 Å². The van der Waals surface area contributed by atoms with Gasteiger partial charge in [-0.3, -0.25) is 0 Å². The predicted molar refractivity (Wildman–Crippen MR) is 122 cm³/mol. The number of halogens is 3. The van der Waals surface area contributed by atoms with E-state index in [-0.39, 0.29) is 5.41 Å². The van der Waals surface area contributed by atoms with Crippen molar-refractivity contribution in [3.8, 4) is 0 Å². The molecule has 2 heterocycles. The maximum atomic E-state index is 13.3. The van der Waals surface area contributed by atoms with Crippen LogP contribution < -0.4 is 0 Å². The zero-order valence-electron chi connectivity index (χ0n) is 18.9. The summed E-state index contributed by atoms with van der Waals surface area (Å²) >= 11 is 0. The number of hydrogen-bond donors (Lipinski definition) is 0. The van der Waals surface area contributed by atoms with Gasteiger partial charge < -0.3 is 14.2 Å². The molecule has 0 amide bonds. The number of benzene rings is 2. The average molecular weight is 458 g/mol. The fraction of sp³-hybridized carbons (Fsp3) is 0.500. The number of imidazole rings is 1. The number of alkyl halides is 3. The normalized spacial score (nSPS) is 19.3. The molecular weight excluding hydrogens is 427 g/mol. The van der Waals surface area contributed by atoms with Gasteiger partial charge in [0.05, 0.1) is 23.2 Å². The number of nitrogens with zero attached hydrogens (tertiary/aromatic N) is 3. The molecule has 176 valence electrons. The van der Waals surface area contributed by atoms with Gasteiger partial charge in [0.25, 0.3) is 0 Å². The van der Waals surface area contributed by atoms with Crippen LogP contribution in [0.1, 0.15) is 42.6 Å². The van der Waals surface area contributed by atoms with Crippen LogP contribution in [-0.2, 0) is 29.5 Å². The molecule has 5 rings (SSSR count). The molecule has 4 nitrogen and oxygen atoms in total. The van der Waals surface area contributed by atoms with Gasteiger partial charge >= 0.3 is 6.18 Å². The van der Waals surface area contributed by atoms with Crippen molar-refractivity contribution in [1.29, 1.82) is 0 Å². The summed E-state index contributed by atoms with van der Waals surface area (Å²) in [6, 6.07) is 14.4. The van der Waals surface area contributed by atoms with Gasteiger partial charge in [0.2, 0.25) is 0 Å². The Morgan fingerprint density at radius 2 is 1.79 bits per heavy atom. The largest absolute Gasteiger partial charge is 0.416 e. The summed E-state index contributed by atoms with van der Waals surface area (Å²) in [5.74, 6) is 1.23. The van der Waals surface area contributed by atoms with Crippen molar-refractivity contribution in [3.63, 3.8) is 0 Å². The van der Waals surface area contributed by atoms with Crippen LogP contribution in [0.2, 0.25) is 0 Å². The van der Waals surface area contributed by atoms with Gasteiger partial charge in [-0.25, -0.2) is 4.98 Å². The second-order valence-corrected chi connectivity index (χ2v) is 9.73. The van der Waals surface area contributed by atoms with E-state index in [1.165, 1.54) is 17.7 Å². The molecule has 1 aliphatic heterocycles. The summed E-state index contributed by atoms with van der Waals surface area (Å²) < 4.78 is 48.2. The van der Waals surface area contributed by atoms with Gasteiger partial charge in [-0.15, -0.1) is 0 Å². The molecule has 33 heavy (non-hydrogen) atoms. The molecule has 1 saturated heterocycles. The number of likely N-dealkylation sites (tertiary alicyclic amines) is 1. The third-order valence-corrected chi connectivity index (χ3v) is 7.23. The molecule has 0 atom stereocenters. The van der Waals surface area contributed by atoms with Gasteiger partial charge in [-0.05, 0) is 75.5 Å². The number of fused-ring (bicyclic) bond motifs is 1. The molecule has 1 aromatic heterocycles. The topological polar surface area (TPSA) is 30.3 Å². The summed E-state index contributed by atoms with van der Waals surface area (Å²) in [6.45, 7) is 3.60. The highest BCUT2D eigenvalue weighted by atomic mass is 19.4. The maximum Gasteiger partial charge on any atom is 0.416 e. The van der Waals surface area contributed by atoms with Crippen molar-refractivity contribution in [2.75, 3.05) is 26.7 Å². The molecule has 0 N–H and O–H groups in total. The zero-order valence-corrected chi connectivity index (χ0v) is 18.9.